The maximum absolute atomic E-state index is 5.50. The van der Waals surface area contributed by atoms with E-state index in [4.69, 9.17) is 5.73 Å². The molecule has 0 aliphatic heterocycles. The molecule has 0 unspecified atom stereocenters. The van der Waals surface area contributed by atoms with Crippen molar-refractivity contribution in [3.8, 4) is 0 Å². The van der Waals surface area contributed by atoms with E-state index in [1.807, 2.05) is 0 Å². The Bertz CT molecular complexity index is 327. The lowest BCUT2D eigenvalue weighted by molar-refractivity contribution is -0.00000427. The molecule has 0 radical (unpaired) electrons. The van der Waals surface area contributed by atoms with Crippen molar-refractivity contribution in [3.05, 3.63) is 30.3 Å². The summed E-state index contributed by atoms with van der Waals surface area (Å²) < 4.78 is 0. The number of nitrogens with two attached hydrogens (primary N) is 1. The number of unbranched alkanes of at least 4 members (excludes halogenated alkanes) is 6. The molecule has 0 aromatic heterocycles. The maximum atomic E-state index is 5.50. The highest BCUT2D eigenvalue weighted by Crippen LogP contribution is 2.50. The van der Waals surface area contributed by atoms with Gasteiger partial charge in [-0.2, -0.15) is 0 Å². The Hall–Kier alpha value is 0.0900. The molecule has 0 aliphatic carbocycles. The molecule has 0 fully saturated rings. The van der Waals surface area contributed by atoms with Crippen LogP contribution in [0.25, 0.3) is 0 Å². The van der Waals surface area contributed by atoms with Crippen LogP contribution >= 0.6 is 7.26 Å². The molecule has 20 heavy (non-hydrogen) atoms. The normalized spacial score (nSPS) is 11.2. The molecule has 3 heteroatoms. The van der Waals surface area contributed by atoms with Gasteiger partial charge in [-0.1, -0.05) is 43.9 Å². The predicted octanol–water partition coefficient (Wildman–Crippen LogP) is 1.28. The summed E-state index contributed by atoms with van der Waals surface area (Å²) in [7, 11) is -0.878. The molecular weight excluding hydrogens is 329 g/mol. The van der Waals surface area contributed by atoms with Gasteiger partial charge >= 0.3 is 0 Å². The molecule has 0 atom stereocenters. The van der Waals surface area contributed by atoms with Crippen LogP contribution in [0, 0.1) is 0 Å². The van der Waals surface area contributed by atoms with E-state index in [2.05, 4.69) is 43.7 Å². The lowest BCUT2D eigenvalue weighted by atomic mass is 10.1. The maximum Gasteiger partial charge on any atom is 0.0933 e. The Kier molecular flexibility index (Phi) is 11.8. The van der Waals surface area contributed by atoms with E-state index in [-0.39, 0.29) is 17.0 Å². The zero-order chi connectivity index (χ0) is 14.0. The number of hydrogen-bond donors (Lipinski definition) is 1. The van der Waals surface area contributed by atoms with Gasteiger partial charge in [0.1, 0.15) is 0 Å². The van der Waals surface area contributed by atoms with Crippen molar-refractivity contribution >= 4 is 12.6 Å². The summed E-state index contributed by atoms with van der Waals surface area (Å²) in [6.07, 6.45) is 10.9. The first-order valence-electron chi connectivity index (χ1n) is 7.75. The van der Waals surface area contributed by atoms with Gasteiger partial charge in [0.25, 0.3) is 0 Å². The summed E-state index contributed by atoms with van der Waals surface area (Å²) in [5.41, 5.74) is 5.50. The number of halogens is 1. The minimum atomic E-state index is -0.878. The Morgan fingerprint density at radius 3 is 1.85 bits per heavy atom. The number of rotatable bonds is 10. The van der Waals surface area contributed by atoms with Gasteiger partial charge in [-0.25, -0.2) is 0 Å². The van der Waals surface area contributed by atoms with Gasteiger partial charge in [-0.15, -0.1) is 0 Å². The van der Waals surface area contributed by atoms with Crippen LogP contribution in [0.2, 0.25) is 0 Å². The lowest BCUT2D eigenvalue weighted by Gasteiger charge is -2.17. The van der Waals surface area contributed by atoms with Crippen molar-refractivity contribution in [2.24, 2.45) is 5.73 Å². The Labute approximate surface area is 136 Å². The molecule has 0 spiro atoms. The van der Waals surface area contributed by atoms with Gasteiger partial charge < -0.3 is 22.7 Å². The van der Waals surface area contributed by atoms with Gasteiger partial charge in [0, 0.05) is 7.26 Å². The van der Waals surface area contributed by atoms with Gasteiger partial charge in [-0.3, -0.25) is 0 Å². The second kappa shape index (κ2) is 11.7. The van der Waals surface area contributed by atoms with Gasteiger partial charge in [-0.05, 0) is 37.9 Å². The molecule has 116 valence electrons. The minimum Gasteiger partial charge on any atom is -1.00 e. The van der Waals surface area contributed by atoms with E-state index in [1.54, 1.807) is 5.30 Å². The van der Waals surface area contributed by atoms with Crippen molar-refractivity contribution in [3.63, 3.8) is 0 Å². The standard InChI is InChI=1S/C17H31NP.BrH/c1-19(2,17-13-9-8-10-14-17)16-12-7-5-3-4-6-11-15-18;/h8-10,13-14H,3-7,11-12,15-16,18H2,1-2H3;1H/q+1;/p-1. The molecule has 0 saturated carbocycles. The van der Waals surface area contributed by atoms with Crippen molar-refractivity contribution in [2.45, 2.75) is 44.9 Å². The minimum absolute atomic E-state index is 0. The Balaban J connectivity index is 0.00000361. The first-order chi connectivity index (χ1) is 9.17. The average Bonchev–Trinajstić information content (AvgIpc) is 2.43. The zero-order valence-corrected chi connectivity index (χ0v) is 15.6. The van der Waals surface area contributed by atoms with Crippen LogP contribution in [0.15, 0.2) is 30.3 Å². The van der Waals surface area contributed by atoms with Crippen LogP contribution in [0.1, 0.15) is 44.9 Å². The molecular formula is C17H31BrNP. The van der Waals surface area contributed by atoms with Crippen molar-refractivity contribution in [1.82, 2.24) is 0 Å². The molecule has 2 N–H and O–H groups in total. The molecule has 0 aliphatic rings. The van der Waals surface area contributed by atoms with E-state index in [0.29, 0.717) is 0 Å². The van der Waals surface area contributed by atoms with Crippen LogP contribution in [-0.4, -0.2) is 26.0 Å². The summed E-state index contributed by atoms with van der Waals surface area (Å²) in [4.78, 5) is 0. The summed E-state index contributed by atoms with van der Waals surface area (Å²) in [6, 6.07) is 11.1. The largest absolute Gasteiger partial charge is 1.00 e. The molecule has 1 rings (SSSR count). The Morgan fingerprint density at radius 1 is 0.800 bits per heavy atom. The molecule has 1 aromatic rings. The lowest BCUT2D eigenvalue weighted by Crippen LogP contribution is -3.00. The third-order valence-corrected chi connectivity index (χ3v) is 7.01. The molecule has 0 saturated heterocycles. The molecule has 1 aromatic carbocycles. The van der Waals surface area contributed by atoms with Gasteiger partial charge in [0.05, 0.1) is 24.8 Å². The summed E-state index contributed by atoms with van der Waals surface area (Å²) in [5.74, 6) is 0. The van der Waals surface area contributed by atoms with Crippen LogP contribution in [-0.2, 0) is 0 Å². The third-order valence-electron chi connectivity index (χ3n) is 3.88. The van der Waals surface area contributed by atoms with Crippen LogP contribution in [0.5, 0.6) is 0 Å². The van der Waals surface area contributed by atoms with Gasteiger partial charge in [0.15, 0.2) is 0 Å². The first-order valence-corrected chi connectivity index (χ1v) is 10.6. The van der Waals surface area contributed by atoms with Crippen LogP contribution < -0.4 is 28.0 Å². The first kappa shape index (κ1) is 20.1. The fourth-order valence-corrected chi connectivity index (χ4v) is 4.75. The highest BCUT2D eigenvalue weighted by atomic mass is 79.9. The second-order valence-electron chi connectivity index (χ2n) is 6.01. The fourth-order valence-electron chi connectivity index (χ4n) is 2.50. The molecule has 1 nitrogen and oxygen atoms in total. The smallest absolute Gasteiger partial charge is 0.0933 e. The highest BCUT2D eigenvalue weighted by molar-refractivity contribution is 7.81. The van der Waals surface area contributed by atoms with E-state index < -0.39 is 7.26 Å². The van der Waals surface area contributed by atoms with E-state index in [9.17, 15) is 0 Å². The molecule has 0 amide bonds. The van der Waals surface area contributed by atoms with Crippen LogP contribution in [0.4, 0.5) is 0 Å². The predicted molar refractivity (Wildman–Crippen MR) is 91.1 cm³/mol. The average molecular weight is 360 g/mol. The number of hydrogen-bond acceptors (Lipinski definition) is 1. The van der Waals surface area contributed by atoms with Crippen LogP contribution in [0.3, 0.4) is 0 Å². The summed E-state index contributed by atoms with van der Waals surface area (Å²) in [6.45, 7) is 5.81. The highest BCUT2D eigenvalue weighted by Gasteiger charge is 2.26. The summed E-state index contributed by atoms with van der Waals surface area (Å²) >= 11 is 0. The van der Waals surface area contributed by atoms with Gasteiger partial charge in [0.2, 0.25) is 0 Å². The molecule has 0 bridgehead atoms. The summed E-state index contributed by atoms with van der Waals surface area (Å²) in [5, 5.41) is 1.58. The second-order valence-corrected chi connectivity index (χ2v) is 10.3. The van der Waals surface area contributed by atoms with E-state index in [1.165, 1.54) is 51.1 Å². The zero-order valence-electron chi connectivity index (χ0n) is 13.2. The van der Waals surface area contributed by atoms with Crippen molar-refractivity contribution < 1.29 is 17.0 Å². The van der Waals surface area contributed by atoms with Crippen molar-refractivity contribution in [1.29, 1.82) is 0 Å². The monoisotopic (exact) mass is 359 g/mol. The third kappa shape index (κ3) is 8.39. The van der Waals surface area contributed by atoms with Crippen molar-refractivity contribution in [2.75, 3.05) is 26.0 Å². The Morgan fingerprint density at radius 2 is 1.30 bits per heavy atom. The topological polar surface area (TPSA) is 26.0 Å². The van der Waals surface area contributed by atoms with E-state index >= 15 is 0 Å². The number of benzene rings is 1. The molecule has 0 heterocycles. The fraction of sp³-hybridized carbons (Fsp3) is 0.647. The quantitative estimate of drug-likeness (QED) is 0.494. The SMILES string of the molecule is C[P+](C)(CCCCCCCCCN)c1ccccc1.[Br-]. The van der Waals surface area contributed by atoms with E-state index in [0.717, 1.165) is 6.54 Å².